The van der Waals surface area contributed by atoms with E-state index in [1.54, 1.807) is 6.07 Å². The van der Waals surface area contributed by atoms with Crippen LogP contribution in [0.2, 0.25) is 5.02 Å². The van der Waals surface area contributed by atoms with E-state index in [4.69, 9.17) is 16.3 Å². The molecule has 0 radical (unpaired) electrons. The van der Waals surface area contributed by atoms with Crippen LogP contribution in [-0.2, 0) is 4.74 Å². The number of morpholine rings is 1. The quantitative estimate of drug-likeness (QED) is 0.806. The number of nitrogens with zero attached hydrogens (tertiary/aromatic N) is 2. The van der Waals surface area contributed by atoms with E-state index in [2.05, 4.69) is 17.1 Å². The van der Waals surface area contributed by atoms with Gasteiger partial charge in [-0.15, -0.1) is 0 Å². The molecule has 0 saturated carbocycles. The molecule has 1 aromatic heterocycles. The Labute approximate surface area is 150 Å². The zero-order chi connectivity index (χ0) is 17.1. The van der Waals surface area contributed by atoms with Crippen molar-refractivity contribution in [1.82, 2.24) is 4.57 Å². The van der Waals surface area contributed by atoms with Crippen molar-refractivity contribution in [3.63, 3.8) is 0 Å². The average Bonchev–Trinajstić information content (AvgIpc) is 3.30. The van der Waals surface area contributed by atoms with E-state index in [9.17, 15) is 10.2 Å². The molecule has 2 bridgehead atoms. The monoisotopic (exact) mass is 358 g/mol. The Morgan fingerprint density at radius 2 is 1.64 bits per heavy atom. The number of anilines is 1. The highest BCUT2D eigenvalue weighted by molar-refractivity contribution is 6.33. The van der Waals surface area contributed by atoms with Crippen LogP contribution >= 0.6 is 11.6 Å². The van der Waals surface area contributed by atoms with E-state index in [0.29, 0.717) is 23.9 Å². The SMILES string of the molecule is Oc1c2c(c(O)n1-c1ccc(N3CCOCC3)c(Cl)c1)[C@H]1C=C[C@@H]2C1. The largest absolute Gasteiger partial charge is 0.494 e. The zero-order valence-electron chi connectivity index (χ0n) is 13.7. The number of benzene rings is 1. The number of ether oxygens (including phenoxy) is 1. The number of aromatic nitrogens is 1. The van der Waals surface area contributed by atoms with Gasteiger partial charge in [-0.05, 0) is 24.6 Å². The van der Waals surface area contributed by atoms with E-state index in [-0.39, 0.29) is 23.6 Å². The number of aromatic hydroxyl groups is 2. The first kappa shape index (κ1) is 15.2. The van der Waals surface area contributed by atoms with Gasteiger partial charge in [0.1, 0.15) is 0 Å². The molecular weight excluding hydrogens is 340 g/mol. The van der Waals surface area contributed by atoms with Crippen LogP contribution in [0.5, 0.6) is 11.8 Å². The highest BCUT2D eigenvalue weighted by Gasteiger charge is 2.41. The molecule has 1 saturated heterocycles. The summed E-state index contributed by atoms with van der Waals surface area (Å²) in [6, 6.07) is 5.64. The van der Waals surface area contributed by atoms with E-state index >= 15 is 0 Å². The molecule has 2 heterocycles. The van der Waals surface area contributed by atoms with Crippen LogP contribution in [0, 0.1) is 0 Å². The number of halogens is 1. The third-order valence-corrected chi connectivity index (χ3v) is 5.86. The molecule has 2 N–H and O–H groups in total. The third-order valence-electron chi connectivity index (χ3n) is 5.56. The number of rotatable bonds is 2. The van der Waals surface area contributed by atoms with Crippen LogP contribution in [0.25, 0.3) is 5.69 Å². The molecular formula is C19H19ClN2O3. The van der Waals surface area contributed by atoms with Crippen molar-refractivity contribution in [2.75, 3.05) is 31.2 Å². The summed E-state index contributed by atoms with van der Waals surface area (Å²) in [5, 5.41) is 22.0. The van der Waals surface area contributed by atoms with Gasteiger partial charge in [0, 0.05) is 36.1 Å². The standard InChI is InChI=1S/C19H19ClN2O3/c20-14-10-13(3-4-15(14)21-5-7-25-8-6-21)22-18(23)16-11-1-2-12(9-11)17(16)19(22)24/h1-4,10-12,23-24H,5-9H2/t11-,12+. The second-order valence-electron chi connectivity index (χ2n) is 6.88. The van der Waals surface area contributed by atoms with Crippen LogP contribution in [0.4, 0.5) is 5.69 Å². The summed E-state index contributed by atoms with van der Waals surface area (Å²) in [6.07, 6.45) is 5.18. The molecule has 1 fully saturated rings. The van der Waals surface area contributed by atoms with Gasteiger partial charge in [0.15, 0.2) is 0 Å². The first-order valence-electron chi connectivity index (χ1n) is 8.62. The lowest BCUT2D eigenvalue weighted by Gasteiger charge is -2.29. The molecule has 1 aromatic carbocycles. The van der Waals surface area contributed by atoms with Crippen molar-refractivity contribution < 1.29 is 14.9 Å². The molecule has 1 aliphatic heterocycles. The summed E-state index contributed by atoms with van der Waals surface area (Å²) >= 11 is 6.51. The van der Waals surface area contributed by atoms with Crippen molar-refractivity contribution in [3.8, 4) is 17.4 Å². The van der Waals surface area contributed by atoms with E-state index < -0.39 is 0 Å². The molecule has 0 unspecified atom stereocenters. The van der Waals surface area contributed by atoms with Crippen molar-refractivity contribution >= 4 is 17.3 Å². The van der Waals surface area contributed by atoms with Gasteiger partial charge >= 0.3 is 0 Å². The molecule has 2 atom stereocenters. The second kappa shape index (κ2) is 5.44. The number of hydrogen-bond acceptors (Lipinski definition) is 4. The first-order chi connectivity index (χ1) is 12.1. The van der Waals surface area contributed by atoms with Crippen molar-refractivity contribution in [3.05, 3.63) is 46.5 Å². The highest BCUT2D eigenvalue weighted by atomic mass is 35.5. The predicted molar refractivity (Wildman–Crippen MR) is 96.4 cm³/mol. The first-order valence-corrected chi connectivity index (χ1v) is 9.00. The van der Waals surface area contributed by atoms with Crippen LogP contribution in [0.3, 0.4) is 0 Å². The zero-order valence-corrected chi connectivity index (χ0v) is 14.4. The molecule has 3 aliphatic rings. The van der Waals surface area contributed by atoms with E-state index in [0.717, 1.165) is 36.3 Å². The minimum Gasteiger partial charge on any atom is -0.494 e. The number of hydrogen-bond donors (Lipinski definition) is 2. The Morgan fingerprint density at radius 3 is 2.24 bits per heavy atom. The smallest absolute Gasteiger partial charge is 0.202 e. The summed E-state index contributed by atoms with van der Waals surface area (Å²) in [7, 11) is 0. The van der Waals surface area contributed by atoms with Crippen molar-refractivity contribution in [2.24, 2.45) is 0 Å². The van der Waals surface area contributed by atoms with Gasteiger partial charge in [0.25, 0.3) is 0 Å². The minimum atomic E-state index is 0.125. The summed E-state index contributed by atoms with van der Waals surface area (Å²) in [4.78, 5) is 2.19. The topological polar surface area (TPSA) is 57.9 Å². The van der Waals surface area contributed by atoms with E-state index in [1.165, 1.54) is 4.57 Å². The van der Waals surface area contributed by atoms with Crippen molar-refractivity contribution in [2.45, 2.75) is 18.3 Å². The Bertz CT molecular complexity index is 848. The van der Waals surface area contributed by atoms with Gasteiger partial charge in [0.05, 0.1) is 29.6 Å². The fourth-order valence-electron chi connectivity index (χ4n) is 4.38. The van der Waals surface area contributed by atoms with Gasteiger partial charge in [0.2, 0.25) is 11.8 Å². The summed E-state index contributed by atoms with van der Waals surface area (Å²) in [5.41, 5.74) is 3.34. The second-order valence-corrected chi connectivity index (χ2v) is 7.29. The molecule has 5 nitrogen and oxygen atoms in total. The molecule has 0 spiro atoms. The Hall–Kier alpha value is -2.11. The molecule has 2 aromatic rings. The molecule has 5 rings (SSSR count). The lowest BCUT2D eigenvalue weighted by atomic mass is 10.0. The average molecular weight is 359 g/mol. The Morgan fingerprint density at radius 1 is 1.00 bits per heavy atom. The summed E-state index contributed by atoms with van der Waals surface area (Å²) < 4.78 is 6.89. The molecule has 0 amide bonds. The summed E-state index contributed by atoms with van der Waals surface area (Å²) in [5.74, 6) is 0.657. The van der Waals surface area contributed by atoms with Crippen LogP contribution in [-0.4, -0.2) is 41.1 Å². The van der Waals surface area contributed by atoms with Gasteiger partial charge < -0.3 is 19.8 Å². The minimum absolute atomic E-state index is 0.125. The number of fused-ring (bicyclic) bond motifs is 5. The molecule has 6 heteroatoms. The predicted octanol–water partition coefficient (Wildman–Crippen LogP) is 3.52. The van der Waals surface area contributed by atoms with E-state index in [1.807, 2.05) is 12.1 Å². The van der Waals surface area contributed by atoms with Gasteiger partial charge in [-0.1, -0.05) is 23.8 Å². The molecule has 25 heavy (non-hydrogen) atoms. The maximum Gasteiger partial charge on any atom is 0.202 e. The fourth-order valence-corrected chi connectivity index (χ4v) is 4.67. The third kappa shape index (κ3) is 2.12. The van der Waals surface area contributed by atoms with Gasteiger partial charge in [-0.3, -0.25) is 4.57 Å². The molecule has 2 aliphatic carbocycles. The van der Waals surface area contributed by atoms with Crippen molar-refractivity contribution in [1.29, 1.82) is 0 Å². The highest BCUT2D eigenvalue weighted by Crippen LogP contribution is 2.57. The summed E-state index contributed by atoms with van der Waals surface area (Å²) in [6.45, 7) is 3.00. The Balaban J connectivity index is 1.56. The van der Waals surface area contributed by atoms with Gasteiger partial charge in [-0.2, -0.15) is 0 Å². The lowest BCUT2D eigenvalue weighted by molar-refractivity contribution is 0.122. The maximum atomic E-state index is 10.7. The molecule has 130 valence electrons. The number of allylic oxidation sites excluding steroid dienone is 2. The van der Waals surface area contributed by atoms with Crippen LogP contribution in [0.15, 0.2) is 30.4 Å². The maximum absolute atomic E-state index is 10.7. The van der Waals surface area contributed by atoms with Crippen LogP contribution < -0.4 is 4.90 Å². The fraction of sp³-hybridized carbons (Fsp3) is 0.368. The normalized spacial score (nSPS) is 24.1. The Kier molecular flexibility index (Phi) is 3.30. The lowest BCUT2D eigenvalue weighted by Crippen LogP contribution is -2.36. The van der Waals surface area contributed by atoms with Gasteiger partial charge in [-0.25, -0.2) is 0 Å². The van der Waals surface area contributed by atoms with Crippen LogP contribution in [0.1, 0.15) is 29.4 Å².